The first kappa shape index (κ1) is 12.4. The van der Waals surface area contributed by atoms with Gasteiger partial charge in [0.25, 0.3) is 0 Å². The molecule has 1 aromatic heterocycles. The molecule has 0 atom stereocenters. The molecule has 0 aliphatic rings. The molecule has 1 aromatic carbocycles. The number of pyridine rings is 1. The monoisotopic (exact) mass is 279 g/mol. The van der Waals surface area contributed by atoms with Crippen molar-refractivity contribution in [3.05, 3.63) is 60.4 Å². The fourth-order valence-electron chi connectivity index (χ4n) is 1.35. The molecule has 0 saturated carbocycles. The van der Waals surface area contributed by atoms with E-state index in [9.17, 15) is 4.79 Å². The molecule has 0 bridgehead atoms. The normalized spacial score (nSPS) is 9.25. The van der Waals surface area contributed by atoms with Crippen molar-refractivity contribution in [2.24, 2.45) is 0 Å². The highest BCUT2D eigenvalue weighted by molar-refractivity contribution is 5.87. The van der Waals surface area contributed by atoms with Gasteiger partial charge in [-0.2, -0.15) is 4.57 Å². The third-order valence-electron chi connectivity index (χ3n) is 2.13. The molecule has 0 aliphatic heterocycles. The largest absolute Gasteiger partial charge is 1.00 e. The van der Waals surface area contributed by atoms with Gasteiger partial charge >= 0.3 is 5.97 Å². The van der Waals surface area contributed by atoms with E-state index in [-0.39, 0.29) is 17.0 Å². The number of hydrogen-bond acceptors (Lipinski definition) is 1. The van der Waals surface area contributed by atoms with E-state index in [1.165, 1.54) is 0 Å². The number of nitrogens with zero attached hydrogens (tertiary/aromatic N) is 1. The van der Waals surface area contributed by atoms with Crippen LogP contribution < -0.4 is 21.5 Å². The molecule has 0 spiro atoms. The first-order chi connectivity index (χ1) is 7.27. The molecular formula is C12H10BrNO2. The van der Waals surface area contributed by atoms with E-state index in [0.717, 1.165) is 5.69 Å². The Hall–Kier alpha value is -1.68. The minimum atomic E-state index is -0.903. The fourth-order valence-corrected chi connectivity index (χ4v) is 1.35. The van der Waals surface area contributed by atoms with Crippen LogP contribution in [-0.2, 0) is 0 Å². The van der Waals surface area contributed by atoms with Gasteiger partial charge in [0, 0.05) is 24.3 Å². The summed E-state index contributed by atoms with van der Waals surface area (Å²) in [4.78, 5) is 10.6. The molecule has 0 amide bonds. The number of halogens is 1. The van der Waals surface area contributed by atoms with Gasteiger partial charge in [0.15, 0.2) is 12.4 Å². The minimum absolute atomic E-state index is 0. The van der Waals surface area contributed by atoms with E-state index in [1.54, 1.807) is 24.3 Å². The van der Waals surface area contributed by atoms with E-state index in [2.05, 4.69) is 0 Å². The Morgan fingerprint density at radius 2 is 1.56 bits per heavy atom. The summed E-state index contributed by atoms with van der Waals surface area (Å²) < 4.78 is 1.92. The van der Waals surface area contributed by atoms with Crippen LogP contribution in [0.4, 0.5) is 0 Å². The van der Waals surface area contributed by atoms with Gasteiger partial charge < -0.3 is 22.1 Å². The number of carboxylic acids is 1. The lowest BCUT2D eigenvalue weighted by molar-refractivity contribution is -0.595. The molecule has 1 heterocycles. The predicted octanol–water partition coefficient (Wildman–Crippen LogP) is -1.33. The second-order valence-electron chi connectivity index (χ2n) is 3.13. The summed E-state index contributed by atoms with van der Waals surface area (Å²) in [5.41, 5.74) is 1.25. The van der Waals surface area contributed by atoms with Crippen LogP contribution in [0.25, 0.3) is 5.69 Å². The average Bonchev–Trinajstić information content (AvgIpc) is 2.30. The predicted molar refractivity (Wildman–Crippen MR) is 54.9 cm³/mol. The number of aromatic carboxylic acids is 1. The van der Waals surface area contributed by atoms with Crippen LogP contribution in [0.3, 0.4) is 0 Å². The molecule has 2 rings (SSSR count). The Labute approximate surface area is 104 Å². The van der Waals surface area contributed by atoms with Gasteiger partial charge in [-0.15, -0.1) is 0 Å². The highest BCUT2D eigenvalue weighted by Crippen LogP contribution is 2.03. The molecule has 0 saturated heterocycles. The zero-order valence-corrected chi connectivity index (χ0v) is 9.96. The summed E-state index contributed by atoms with van der Waals surface area (Å²) in [6.45, 7) is 0. The molecule has 3 nitrogen and oxygen atoms in total. The van der Waals surface area contributed by atoms with Crippen molar-refractivity contribution in [3.8, 4) is 5.69 Å². The van der Waals surface area contributed by atoms with E-state index >= 15 is 0 Å². The Bertz CT molecular complexity index is 468. The molecule has 0 unspecified atom stereocenters. The number of carbonyl (C=O) groups is 1. The Kier molecular flexibility index (Phi) is 4.19. The lowest BCUT2D eigenvalue weighted by Gasteiger charge is -1.95. The molecule has 2 aromatic rings. The standard InChI is InChI=1S/C12H9NO2.BrH/c14-12(15)10-4-6-11(7-5-10)13-8-2-1-3-9-13;/h1-9H;1H. The van der Waals surface area contributed by atoms with Gasteiger partial charge in [-0.3, -0.25) is 0 Å². The first-order valence-electron chi connectivity index (χ1n) is 4.57. The lowest BCUT2D eigenvalue weighted by atomic mass is 10.2. The number of carboxylic acid groups (broad SMARTS) is 1. The molecule has 4 heteroatoms. The van der Waals surface area contributed by atoms with Gasteiger partial charge in [-0.1, -0.05) is 6.07 Å². The molecule has 0 fully saturated rings. The highest BCUT2D eigenvalue weighted by atomic mass is 79.9. The van der Waals surface area contributed by atoms with E-state index in [4.69, 9.17) is 5.11 Å². The summed E-state index contributed by atoms with van der Waals surface area (Å²) in [7, 11) is 0. The second kappa shape index (κ2) is 5.42. The summed E-state index contributed by atoms with van der Waals surface area (Å²) in [5.74, 6) is -0.903. The Morgan fingerprint density at radius 3 is 2.06 bits per heavy atom. The topological polar surface area (TPSA) is 41.2 Å². The van der Waals surface area contributed by atoms with Crippen LogP contribution in [0.2, 0.25) is 0 Å². The number of benzene rings is 1. The lowest BCUT2D eigenvalue weighted by Crippen LogP contribution is -3.00. The van der Waals surface area contributed by atoms with Crippen molar-refractivity contribution in [3.63, 3.8) is 0 Å². The van der Waals surface area contributed by atoms with Gasteiger partial charge in [0.2, 0.25) is 5.69 Å². The van der Waals surface area contributed by atoms with Gasteiger partial charge in [-0.05, 0) is 12.1 Å². The molecular weight excluding hydrogens is 270 g/mol. The van der Waals surface area contributed by atoms with Crippen molar-refractivity contribution in [2.45, 2.75) is 0 Å². The van der Waals surface area contributed by atoms with Crippen molar-refractivity contribution >= 4 is 5.97 Å². The average molecular weight is 280 g/mol. The third kappa shape index (κ3) is 2.67. The smallest absolute Gasteiger partial charge is 0.335 e. The SMILES string of the molecule is O=C(O)c1ccc(-[n+]2ccccc2)cc1.[Br-]. The van der Waals surface area contributed by atoms with Gasteiger partial charge in [0.05, 0.1) is 5.56 Å². The summed E-state index contributed by atoms with van der Waals surface area (Å²) in [5, 5.41) is 8.74. The summed E-state index contributed by atoms with van der Waals surface area (Å²) in [6, 6.07) is 12.5. The van der Waals surface area contributed by atoms with E-state index in [0.29, 0.717) is 5.56 Å². The quantitative estimate of drug-likeness (QED) is 0.692. The zero-order chi connectivity index (χ0) is 10.7. The van der Waals surface area contributed by atoms with E-state index in [1.807, 2.05) is 35.2 Å². The van der Waals surface area contributed by atoms with Crippen LogP contribution in [0, 0.1) is 0 Å². The minimum Gasteiger partial charge on any atom is -1.00 e. The number of rotatable bonds is 2. The maximum Gasteiger partial charge on any atom is 0.335 e. The Morgan fingerprint density at radius 1 is 1.00 bits per heavy atom. The Balaban J connectivity index is 0.00000128. The number of hydrogen-bond donors (Lipinski definition) is 1. The highest BCUT2D eigenvalue weighted by Gasteiger charge is 2.06. The molecule has 1 N–H and O–H groups in total. The second-order valence-corrected chi connectivity index (χ2v) is 3.13. The van der Waals surface area contributed by atoms with E-state index < -0.39 is 5.97 Å². The van der Waals surface area contributed by atoms with Crippen molar-refractivity contribution < 1.29 is 31.4 Å². The van der Waals surface area contributed by atoms with Crippen molar-refractivity contribution in [1.29, 1.82) is 0 Å². The fraction of sp³-hybridized carbons (Fsp3) is 0. The van der Waals surface area contributed by atoms with Crippen LogP contribution in [0.15, 0.2) is 54.9 Å². The maximum atomic E-state index is 10.6. The molecule has 0 aliphatic carbocycles. The van der Waals surface area contributed by atoms with Crippen LogP contribution >= 0.6 is 0 Å². The molecule has 82 valence electrons. The first-order valence-corrected chi connectivity index (χ1v) is 4.57. The van der Waals surface area contributed by atoms with Crippen molar-refractivity contribution in [2.75, 3.05) is 0 Å². The molecule has 16 heavy (non-hydrogen) atoms. The summed E-state index contributed by atoms with van der Waals surface area (Å²) >= 11 is 0. The van der Waals surface area contributed by atoms with Gasteiger partial charge in [0.1, 0.15) is 0 Å². The third-order valence-corrected chi connectivity index (χ3v) is 2.13. The maximum absolute atomic E-state index is 10.6. The van der Waals surface area contributed by atoms with Crippen LogP contribution in [0.5, 0.6) is 0 Å². The zero-order valence-electron chi connectivity index (χ0n) is 8.38. The van der Waals surface area contributed by atoms with Crippen LogP contribution in [0.1, 0.15) is 10.4 Å². The summed E-state index contributed by atoms with van der Waals surface area (Å²) in [6.07, 6.45) is 3.82. The van der Waals surface area contributed by atoms with Crippen LogP contribution in [-0.4, -0.2) is 11.1 Å². The van der Waals surface area contributed by atoms with Crippen molar-refractivity contribution in [1.82, 2.24) is 0 Å². The molecule has 0 radical (unpaired) electrons. The number of aromatic nitrogens is 1. The van der Waals surface area contributed by atoms with Gasteiger partial charge in [-0.25, -0.2) is 4.79 Å².